The smallest absolute Gasteiger partial charge is 0.227 e. The minimum absolute atomic E-state index is 0.397. The highest BCUT2D eigenvalue weighted by atomic mass is 16.5. The summed E-state index contributed by atoms with van der Waals surface area (Å²) in [7, 11) is 1.64. The molecule has 0 spiro atoms. The van der Waals surface area contributed by atoms with Gasteiger partial charge in [-0.3, -0.25) is 0 Å². The van der Waals surface area contributed by atoms with E-state index in [1.807, 2.05) is 24.3 Å². The fourth-order valence-corrected chi connectivity index (χ4v) is 2.87. The molecule has 1 aliphatic carbocycles. The molecule has 4 rings (SSSR count). The number of hydrogen-bond acceptors (Lipinski definition) is 7. The van der Waals surface area contributed by atoms with Crippen LogP contribution in [0.3, 0.4) is 0 Å². The van der Waals surface area contributed by atoms with E-state index in [1.165, 1.54) is 0 Å². The van der Waals surface area contributed by atoms with Gasteiger partial charge in [-0.1, -0.05) is 5.16 Å². The van der Waals surface area contributed by atoms with Gasteiger partial charge in [0.25, 0.3) is 0 Å². The quantitative estimate of drug-likeness (QED) is 0.736. The van der Waals surface area contributed by atoms with E-state index in [2.05, 4.69) is 15.1 Å². The molecule has 0 atom stereocenters. The predicted molar refractivity (Wildman–Crippen MR) is 89.9 cm³/mol. The molecule has 2 heterocycles. The van der Waals surface area contributed by atoms with Crippen LogP contribution in [0.1, 0.15) is 36.9 Å². The van der Waals surface area contributed by atoms with Crippen molar-refractivity contribution in [3.8, 4) is 17.1 Å². The molecule has 2 N–H and O–H groups in total. The lowest BCUT2D eigenvalue weighted by Crippen LogP contribution is -2.44. The van der Waals surface area contributed by atoms with Crippen LogP contribution in [0.25, 0.3) is 11.3 Å². The number of aryl methyl sites for hydroxylation is 2. The maximum Gasteiger partial charge on any atom is 0.227 e. The van der Waals surface area contributed by atoms with Crippen LogP contribution in [-0.4, -0.2) is 22.2 Å². The van der Waals surface area contributed by atoms with Gasteiger partial charge in [0.05, 0.1) is 18.8 Å². The highest BCUT2D eigenvalue weighted by molar-refractivity contribution is 5.57. The van der Waals surface area contributed by atoms with Crippen LogP contribution in [0.5, 0.6) is 5.75 Å². The van der Waals surface area contributed by atoms with E-state index in [4.69, 9.17) is 19.4 Å². The van der Waals surface area contributed by atoms with Crippen molar-refractivity contribution in [3.63, 3.8) is 0 Å². The number of methoxy groups -OCH3 is 1. The first-order valence-electron chi connectivity index (χ1n) is 8.37. The fraction of sp³-hybridized carbons (Fsp3) is 0.389. The van der Waals surface area contributed by atoms with Crippen molar-refractivity contribution in [2.45, 2.75) is 37.6 Å². The topological polar surface area (TPSA) is 100 Å². The van der Waals surface area contributed by atoms with Gasteiger partial charge in [-0.05, 0) is 43.5 Å². The lowest BCUT2D eigenvalue weighted by Gasteiger charge is -2.34. The number of aromatic nitrogens is 3. The highest BCUT2D eigenvalue weighted by Crippen LogP contribution is 2.36. The second-order valence-corrected chi connectivity index (χ2v) is 6.37. The normalized spacial score (nSPS) is 15.8. The molecule has 1 aliphatic rings. The van der Waals surface area contributed by atoms with Crippen molar-refractivity contribution in [2.75, 3.05) is 7.11 Å². The first-order chi connectivity index (χ1) is 12.2. The monoisotopic (exact) mass is 340 g/mol. The third-order valence-corrected chi connectivity index (χ3v) is 4.64. The van der Waals surface area contributed by atoms with E-state index in [0.717, 1.165) is 36.3 Å². The molecule has 130 valence electrons. The van der Waals surface area contributed by atoms with Gasteiger partial charge in [0.15, 0.2) is 17.5 Å². The molecular weight excluding hydrogens is 320 g/mol. The summed E-state index contributed by atoms with van der Waals surface area (Å²) in [5.74, 6) is 3.34. The van der Waals surface area contributed by atoms with E-state index in [9.17, 15) is 0 Å². The van der Waals surface area contributed by atoms with E-state index in [1.54, 1.807) is 13.3 Å². The molecular formula is C18H20N4O3. The molecule has 0 amide bonds. The molecule has 7 nitrogen and oxygen atoms in total. The minimum atomic E-state index is -0.397. The maximum atomic E-state index is 6.21. The molecule has 25 heavy (non-hydrogen) atoms. The third kappa shape index (κ3) is 3.15. The average molecular weight is 340 g/mol. The summed E-state index contributed by atoms with van der Waals surface area (Å²) in [5.41, 5.74) is 6.77. The molecule has 0 saturated heterocycles. The van der Waals surface area contributed by atoms with Gasteiger partial charge in [0.2, 0.25) is 5.89 Å². The number of nitrogens with two attached hydrogens (primary N) is 1. The van der Waals surface area contributed by atoms with E-state index in [-0.39, 0.29) is 0 Å². The van der Waals surface area contributed by atoms with Gasteiger partial charge in [-0.2, -0.15) is 4.98 Å². The van der Waals surface area contributed by atoms with Crippen molar-refractivity contribution >= 4 is 0 Å². The van der Waals surface area contributed by atoms with E-state index < -0.39 is 5.54 Å². The molecule has 1 aromatic carbocycles. The lowest BCUT2D eigenvalue weighted by molar-refractivity contribution is 0.229. The van der Waals surface area contributed by atoms with Crippen molar-refractivity contribution in [1.82, 2.24) is 15.1 Å². The minimum Gasteiger partial charge on any atom is -0.497 e. The standard InChI is InChI=1S/C18H20N4O3/c1-23-13-5-3-12(4-6-13)14-11-20-15(24-14)7-8-16-21-17(22-25-16)18(19)9-2-10-18/h3-6,11H,2,7-10,19H2,1H3. The summed E-state index contributed by atoms with van der Waals surface area (Å²) in [4.78, 5) is 8.74. The largest absolute Gasteiger partial charge is 0.497 e. The number of ether oxygens (including phenoxy) is 1. The van der Waals surface area contributed by atoms with Crippen LogP contribution in [-0.2, 0) is 18.4 Å². The van der Waals surface area contributed by atoms with Gasteiger partial charge >= 0.3 is 0 Å². The molecule has 1 fully saturated rings. The zero-order valence-electron chi connectivity index (χ0n) is 14.1. The van der Waals surface area contributed by atoms with Gasteiger partial charge in [-0.15, -0.1) is 0 Å². The first kappa shape index (κ1) is 15.8. The Morgan fingerprint density at radius 2 is 1.92 bits per heavy atom. The van der Waals surface area contributed by atoms with Crippen molar-refractivity contribution < 1.29 is 13.7 Å². The molecule has 7 heteroatoms. The van der Waals surface area contributed by atoms with Crippen LogP contribution in [0.4, 0.5) is 0 Å². The number of benzene rings is 1. The Kier molecular flexibility index (Phi) is 4.01. The second kappa shape index (κ2) is 6.33. The predicted octanol–water partition coefficient (Wildman–Crippen LogP) is 2.86. The summed E-state index contributed by atoms with van der Waals surface area (Å²) in [6.07, 6.45) is 5.83. The fourth-order valence-electron chi connectivity index (χ4n) is 2.87. The van der Waals surface area contributed by atoms with Gasteiger partial charge in [0, 0.05) is 18.4 Å². The number of nitrogens with zero attached hydrogens (tertiary/aromatic N) is 3. The Bertz CT molecular complexity index is 849. The van der Waals surface area contributed by atoms with Crippen molar-refractivity contribution in [1.29, 1.82) is 0 Å². The summed E-state index contributed by atoms with van der Waals surface area (Å²) in [6, 6.07) is 7.65. The molecule has 2 aromatic heterocycles. The van der Waals surface area contributed by atoms with Crippen molar-refractivity contribution in [2.24, 2.45) is 5.73 Å². The Hall–Kier alpha value is -2.67. The third-order valence-electron chi connectivity index (χ3n) is 4.64. The summed E-state index contributed by atoms with van der Waals surface area (Å²) >= 11 is 0. The van der Waals surface area contributed by atoms with Crippen LogP contribution in [0, 0.1) is 0 Å². The first-order valence-corrected chi connectivity index (χ1v) is 8.37. The Morgan fingerprint density at radius 3 is 2.60 bits per heavy atom. The van der Waals surface area contributed by atoms with E-state index >= 15 is 0 Å². The van der Waals surface area contributed by atoms with E-state index in [0.29, 0.717) is 30.4 Å². The molecule has 0 aliphatic heterocycles. The van der Waals surface area contributed by atoms with Gasteiger partial charge < -0.3 is 19.4 Å². The summed E-state index contributed by atoms with van der Waals surface area (Å²) in [5, 5.41) is 4.02. The molecule has 0 unspecified atom stereocenters. The molecule has 3 aromatic rings. The number of rotatable bonds is 6. The second-order valence-electron chi connectivity index (χ2n) is 6.37. The van der Waals surface area contributed by atoms with Gasteiger partial charge in [-0.25, -0.2) is 4.98 Å². The zero-order valence-corrected chi connectivity index (χ0v) is 14.1. The van der Waals surface area contributed by atoms with Crippen LogP contribution >= 0.6 is 0 Å². The zero-order chi connectivity index (χ0) is 17.3. The summed E-state index contributed by atoms with van der Waals surface area (Å²) in [6.45, 7) is 0. The molecule has 0 radical (unpaired) electrons. The average Bonchev–Trinajstić information content (AvgIpc) is 3.27. The molecule has 1 saturated carbocycles. The highest BCUT2D eigenvalue weighted by Gasteiger charge is 2.38. The molecule has 0 bridgehead atoms. The number of hydrogen-bond donors (Lipinski definition) is 1. The number of oxazole rings is 1. The van der Waals surface area contributed by atoms with Crippen LogP contribution in [0.2, 0.25) is 0 Å². The van der Waals surface area contributed by atoms with Crippen LogP contribution in [0.15, 0.2) is 39.4 Å². The SMILES string of the molecule is COc1ccc(-c2cnc(CCc3nc(C4(N)CCC4)no3)o2)cc1. The van der Waals surface area contributed by atoms with Gasteiger partial charge in [0.1, 0.15) is 5.75 Å². The van der Waals surface area contributed by atoms with Crippen LogP contribution < -0.4 is 10.5 Å². The Labute approximate surface area is 145 Å². The van der Waals surface area contributed by atoms with Crippen molar-refractivity contribution in [3.05, 3.63) is 48.1 Å². The Morgan fingerprint density at radius 1 is 1.16 bits per heavy atom. The maximum absolute atomic E-state index is 6.21. The Balaban J connectivity index is 1.39. The lowest BCUT2D eigenvalue weighted by atomic mass is 9.77. The summed E-state index contributed by atoms with van der Waals surface area (Å²) < 4.78 is 16.3.